The van der Waals surface area contributed by atoms with Gasteiger partial charge in [-0.25, -0.2) is 0 Å². The maximum Gasteiger partial charge on any atom is 0.133 e. The third kappa shape index (κ3) is 3.09. The molecule has 3 rings (SSSR count). The third-order valence-corrected chi connectivity index (χ3v) is 5.85. The Morgan fingerprint density at radius 2 is 1.80 bits per heavy atom. The largest absolute Gasteiger partial charge is 0.375 e. The van der Waals surface area contributed by atoms with Gasteiger partial charge in [0.15, 0.2) is 0 Å². The van der Waals surface area contributed by atoms with Crippen LogP contribution in [0.1, 0.15) is 64.7 Å². The van der Waals surface area contributed by atoms with E-state index in [1.807, 2.05) is 0 Å². The number of Topliss-reactive ketones (excluding diaryl/α,β-unsaturated/α-hetero) is 1. The molecule has 2 heterocycles. The van der Waals surface area contributed by atoms with Gasteiger partial charge in [-0.1, -0.05) is 19.3 Å². The second kappa shape index (κ2) is 6.15. The molecule has 0 aromatic carbocycles. The number of hydrogen-bond donors (Lipinski definition) is 0. The molecule has 2 saturated heterocycles. The predicted octanol–water partition coefficient (Wildman–Crippen LogP) is 3.17. The summed E-state index contributed by atoms with van der Waals surface area (Å²) in [6, 6.07) is 0.703. The monoisotopic (exact) mass is 279 g/mol. The molecule has 0 aromatic rings. The molecule has 3 fully saturated rings. The minimum atomic E-state index is 0.207. The zero-order valence-corrected chi connectivity index (χ0v) is 12.9. The third-order valence-electron chi connectivity index (χ3n) is 5.85. The number of hydrogen-bond acceptors (Lipinski definition) is 3. The molecule has 1 spiro atoms. The summed E-state index contributed by atoms with van der Waals surface area (Å²) in [4.78, 5) is 14.1. The van der Waals surface area contributed by atoms with Gasteiger partial charge in [-0.15, -0.1) is 0 Å². The van der Waals surface area contributed by atoms with Gasteiger partial charge in [0, 0.05) is 18.6 Å². The molecule has 114 valence electrons. The Bertz CT molecular complexity index is 335. The van der Waals surface area contributed by atoms with Crippen LogP contribution >= 0.6 is 0 Å². The molecule has 0 bridgehead atoms. The van der Waals surface area contributed by atoms with E-state index < -0.39 is 0 Å². The number of carbonyl (C=O) groups excluding carboxylic acids is 1. The predicted molar refractivity (Wildman–Crippen MR) is 79.8 cm³/mol. The fourth-order valence-electron chi connectivity index (χ4n) is 4.53. The van der Waals surface area contributed by atoms with Gasteiger partial charge in [0.05, 0.1) is 5.60 Å². The summed E-state index contributed by atoms with van der Waals surface area (Å²) in [5, 5.41) is 0. The average molecular weight is 279 g/mol. The van der Waals surface area contributed by atoms with Gasteiger partial charge in [0.25, 0.3) is 0 Å². The first kappa shape index (κ1) is 14.5. The lowest BCUT2D eigenvalue weighted by atomic mass is 9.77. The van der Waals surface area contributed by atoms with Crippen LogP contribution < -0.4 is 0 Å². The van der Waals surface area contributed by atoms with Crippen molar-refractivity contribution in [2.75, 3.05) is 19.7 Å². The molecule has 3 aliphatic rings. The highest BCUT2D eigenvalue weighted by molar-refractivity contribution is 5.78. The van der Waals surface area contributed by atoms with Crippen LogP contribution in [0, 0.1) is 5.92 Å². The molecular weight excluding hydrogens is 250 g/mol. The van der Waals surface area contributed by atoms with E-state index >= 15 is 0 Å². The lowest BCUT2D eigenvalue weighted by Gasteiger charge is -2.48. The van der Waals surface area contributed by atoms with Crippen molar-refractivity contribution < 1.29 is 9.53 Å². The smallest absolute Gasteiger partial charge is 0.133 e. The maximum atomic E-state index is 11.5. The first-order chi connectivity index (χ1) is 9.69. The van der Waals surface area contributed by atoms with Crippen LogP contribution in [0.2, 0.25) is 0 Å². The van der Waals surface area contributed by atoms with Crippen molar-refractivity contribution in [3.05, 3.63) is 0 Å². The first-order valence-electron chi connectivity index (χ1n) is 8.57. The van der Waals surface area contributed by atoms with Crippen molar-refractivity contribution in [3.63, 3.8) is 0 Å². The Morgan fingerprint density at radius 3 is 2.45 bits per heavy atom. The van der Waals surface area contributed by atoms with Gasteiger partial charge in [0.2, 0.25) is 0 Å². The van der Waals surface area contributed by atoms with Crippen LogP contribution in [0.3, 0.4) is 0 Å². The fourth-order valence-corrected chi connectivity index (χ4v) is 4.53. The zero-order chi connectivity index (χ0) is 14.0. The number of ketones is 1. The molecular formula is C17H29NO2. The molecule has 1 saturated carbocycles. The zero-order valence-electron chi connectivity index (χ0n) is 12.9. The highest BCUT2D eigenvalue weighted by atomic mass is 16.5. The van der Waals surface area contributed by atoms with Gasteiger partial charge >= 0.3 is 0 Å². The van der Waals surface area contributed by atoms with Crippen LogP contribution in [-0.4, -0.2) is 42.0 Å². The fraction of sp³-hybridized carbons (Fsp3) is 0.941. The number of piperidine rings is 1. The van der Waals surface area contributed by atoms with E-state index in [-0.39, 0.29) is 5.60 Å². The minimum absolute atomic E-state index is 0.207. The Balaban J connectivity index is 1.56. The molecule has 3 heteroatoms. The summed E-state index contributed by atoms with van der Waals surface area (Å²) >= 11 is 0. The number of rotatable bonds is 2. The number of carbonyl (C=O) groups is 1. The van der Waals surface area contributed by atoms with E-state index in [1.54, 1.807) is 6.92 Å². The summed E-state index contributed by atoms with van der Waals surface area (Å²) in [5.41, 5.74) is 0.207. The number of ether oxygens (including phenoxy) is 1. The Kier molecular flexibility index (Phi) is 4.46. The van der Waals surface area contributed by atoms with Crippen molar-refractivity contribution in [2.45, 2.75) is 76.4 Å². The van der Waals surface area contributed by atoms with Crippen molar-refractivity contribution in [2.24, 2.45) is 5.92 Å². The van der Waals surface area contributed by atoms with E-state index in [1.165, 1.54) is 44.9 Å². The second-order valence-corrected chi connectivity index (χ2v) is 7.16. The van der Waals surface area contributed by atoms with Crippen LogP contribution in [0.4, 0.5) is 0 Å². The molecule has 0 amide bonds. The van der Waals surface area contributed by atoms with E-state index in [2.05, 4.69) is 4.90 Å². The highest BCUT2D eigenvalue weighted by Crippen LogP contribution is 2.40. The molecule has 3 nitrogen and oxygen atoms in total. The van der Waals surface area contributed by atoms with Gasteiger partial charge in [-0.05, 0) is 58.5 Å². The van der Waals surface area contributed by atoms with E-state index in [0.29, 0.717) is 17.7 Å². The molecule has 1 unspecified atom stereocenters. The van der Waals surface area contributed by atoms with Crippen LogP contribution in [0.5, 0.6) is 0 Å². The molecule has 20 heavy (non-hydrogen) atoms. The average Bonchev–Trinajstić information content (AvgIpc) is 2.48. The Morgan fingerprint density at radius 1 is 1.10 bits per heavy atom. The first-order valence-corrected chi connectivity index (χ1v) is 8.57. The van der Waals surface area contributed by atoms with Gasteiger partial charge in [-0.2, -0.15) is 0 Å². The summed E-state index contributed by atoms with van der Waals surface area (Å²) < 4.78 is 6.21. The van der Waals surface area contributed by atoms with Crippen molar-refractivity contribution in [3.8, 4) is 0 Å². The molecule has 0 N–H and O–H groups in total. The highest BCUT2D eigenvalue weighted by Gasteiger charge is 2.40. The molecule has 0 aromatic heterocycles. The molecule has 1 atom stereocenters. The Labute approximate surface area is 123 Å². The normalized spacial score (nSPS) is 32.4. The standard InChI is InChI=1S/C17H29NO2/c1-14(19)15-5-10-18(11-6-15)16-7-12-20-17(13-16)8-3-2-4-9-17/h15-16H,2-13H2,1H3. The molecule has 0 radical (unpaired) electrons. The summed E-state index contributed by atoms with van der Waals surface area (Å²) in [6.45, 7) is 4.93. The van der Waals surface area contributed by atoms with Crippen molar-refractivity contribution in [1.82, 2.24) is 4.90 Å². The van der Waals surface area contributed by atoms with Crippen LogP contribution in [0.15, 0.2) is 0 Å². The lowest BCUT2D eigenvalue weighted by molar-refractivity contribution is -0.131. The SMILES string of the molecule is CC(=O)C1CCN(C2CCOC3(CCCCC3)C2)CC1. The quantitative estimate of drug-likeness (QED) is 0.777. The van der Waals surface area contributed by atoms with E-state index in [4.69, 9.17) is 4.74 Å². The summed E-state index contributed by atoms with van der Waals surface area (Å²) in [5.74, 6) is 0.718. The number of nitrogens with zero attached hydrogens (tertiary/aromatic N) is 1. The van der Waals surface area contributed by atoms with Crippen LogP contribution in [-0.2, 0) is 9.53 Å². The topological polar surface area (TPSA) is 29.5 Å². The second-order valence-electron chi connectivity index (χ2n) is 7.16. The molecule has 2 aliphatic heterocycles. The lowest BCUT2D eigenvalue weighted by Crippen LogP contribution is -2.51. The van der Waals surface area contributed by atoms with Gasteiger partial charge < -0.3 is 9.64 Å². The Hall–Kier alpha value is -0.410. The number of likely N-dealkylation sites (tertiary alicyclic amines) is 1. The summed E-state index contributed by atoms with van der Waals surface area (Å²) in [7, 11) is 0. The van der Waals surface area contributed by atoms with Crippen molar-refractivity contribution in [1.29, 1.82) is 0 Å². The van der Waals surface area contributed by atoms with E-state index in [0.717, 1.165) is 32.5 Å². The van der Waals surface area contributed by atoms with Crippen LogP contribution in [0.25, 0.3) is 0 Å². The molecule has 1 aliphatic carbocycles. The summed E-state index contributed by atoms with van der Waals surface area (Å²) in [6.07, 6.45) is 11.2. The van der Waals surface area contributed by atoms with E-state index in [9.17, 15) is 4.79 Å². The maximum absolute atomic E-state index is 11.5. The van der Waals surface area contributed by atoms with Gasteiger partial charge in [0.1, 0.15) is 5.78 Å². The van der Waals surface area contributed by atoms with Gasteiger partial charge in [-0.3, -0.25) is 4.79 Å². The minimum Gasteiger partial charge on any atom is -0.375 e. The van der Waals surface area contributed by atoms with Crippen molar-refractivity contribution >= 4 is 5.78 Å².